The number of para-hydroxylation sites is 2. The summed E-state index contributed by atoms with van der Waals surface area (Å²) < 4.78 is 14.4. The first-order valence-electron chi connectivity index (χ1n) is 6.73. The molecule has 0 radical (unpaired) electrons. The topological polar surface area (TPSA) is 18.5 Å². The number of halogens is 3. The van der Waals surface area contributed by atoms with E-state index in [0.717, 1.165) is 20.4 Å². The Bertz CT molecular complexity index is 590. The molecule has 0 saturated heterocycles. The summed E-state index contributed by atoms with van der Waals surface area (Å²) in [5.74, 6) is 1.69. The van der Waals surface area contributed by atoms with Crippen LogP contribution in [0, 0.1) is 0 Å². The van der Waals surface area contributed by atoms with Gasteiger partial charge in [-0.1, -0.05) is 0 Å². The van der Waals surface area contributed by atoms with Gasteiger partial charge in [-0.05, 0) is 0 Å². The molecule has 0 fully saturated rings. The molecule has 0 amide bonds. The zero-order chi connectivity index (χ0) is 16.2. The molecule has 23 heavy (non-hydrogen) atoms. The second kappa shape index (κ2) is 9.66. The van der Waals surface area contributed by atoms with Gasteiger partial charge in [0.25, 0.3) is 0 Å². The number of benzene rings is 2. The normalized spacial score (nSPS) is 11.6. The molecule has 1 atom stereocenters. The molecule has 0 heterocycles. The van der Waals surface area contributed by atoms with Gasteiger partial charge in [-0.2, -0.15) is 0 Å². The molecule has 0 aliphatic rings. The maximum atomic E-state index is 6.23. The monoisotopic (exact) mass is 519 g/mol. The Kier molecular flexibility index (Phi) is 8.95. The Hall–Kier alpha value is 0.252. The molecular weight excluding hydrogens is 502 g/mol. The molecule has 2 aromatic rings. The number of rotatable bonds is 5. The molecule has 0 aromatic heterocycles. The van der Waals surface area contributed by atoms with Gasteiger partial charge in [0.2, 0.25) is 0 Å². The molecule has 7 heteroatoms. The van der Waals surface area contributed by atoms with Crippen LogP contribution in [-0.2, 0) is 14.4 Å². The SMILES string of the molecule is CC(C)(C)[PH][Cr]([O]c1ccccc1Br)[O]c1ccccc1Br.Cl. The average Bonchev–Trinajstić information content (AvgIpc) is 2.42. The Morgan fingerprint density at radius 1 is 0.826 bits per heavy atom. The minimum absolute atomic E-state index is 0. The maximum Gasteiger partial charge on any atom is -0.147 e. The van der Waals surface area contributed by atoms with Crippen LogP contribution in [0.3, 0.4) is 0 Å². The first-order valence-corrected chi connectivity index (χ1v) is 12.2. The Morgan fingerprint density at radius 2 is 1.22 bits per heavy atom. The average molecular weight is 522 g/mol. The van der Waals surface area contributed by atoms with Crippen LogP contribution in [0.1, 0.15) is 20.8 Å². The maximum absolute atomic E-state index is 6.23. The van der Waals surface area contributed by atoms with Gasteiger partial charge in [-0.25, -0.2) is 0 Å². The van der Waals surface area contributed by atoms with Crippen molar-refractivity contribution in [3.05, 3.63) is 57.5 Å². The molecule has 0 bridgehead atoms. The van der Waals surface area contributed by atoms with E-state index in [2.05, 4.69) is 52.6 Å². The zero-order valence-electron chi connectivity index (χ0n) is 13.0. The fourth-order valence-corrected chi connectivity index (χ4v) is 7.65. The summed E-state index contributed by atoms with van der Waals surface area (Å²) in [6, 6.07) is 15.8. The van der Waals surface area contributed by atoms with Gasteiger partial charge in [-0.15, -0.1) is 12.4 Å². The summed E-state index contributed by atoms with van der Waals surface area (Å²) in [7, 11) is 0.615. The predicted molar refractivity (Wildman–Crippen MR) is 105 cm³/mol. The van der Waals surface area contributed by atoms with Gasteiger partial charge >= 0.3 is 156 Å². The summed E-state index contributed by atoms with van der Waals surface area (Å²) in [5, 5.41) is 0.174. The van der Waals surface area contributed by atoms with Gasteiger partial charge in [0.05, 0.1) is 0 Å². The van der Waals surface area contributed by atoms with Crippen molar-refractivity contribution in [2.45, 2.75) is 25.9 Å². The molecule has 0 aliphatic heterocycles. The Labute approximate surface area is 167 Å². The molecule has 2 aromatic carbocycles. The third kappa shape index (κ3) is 7.34. The van der Waals surface area contributed by atoms with E-state index in [1.165, 1.54) is 0 Å². The van der Waals surface area contributed by atoms with Crippen LogP contribution in [0.5, 0.6) is 11.5 Å². The van der Waals surface area contributed by atoms with Gasteiger partial charge in [0.15, 0.2) is 0 Å². The van der Waals surface area contributed by atoms with Crippen LogP contribution in [-0.4, -0.2) is 5.16 Å². The standard InChI is InChI=1S/2C6H5BrO.C4H10P.ClH.Cr/c2*7-5-3-1-2-4-6(5)8;1-4(2,3)5;;/h2*1-4,8H;5H,1-3H3;1H;/q;;-1;;+3/p-2. The number of hydrogen-bond acceptors (Lipinski definition) is 2. The van der Waals surface area contributed by atoms with E-state index in [0.29, 0.717) is 7.23 Å². The Morgan fingerprint density at radius 3 is 1.57 bits per heavy atom. The fraction of sp³-hybridized carbons (Fsp3) is 0.250. The van der Waals surface area contributed by atoms with Gasteiger partial charge < -0.3 is 0 Å². The summed E-state index contributed by atoms with van der Waals surface area (Å²) in [4.78, 5) is 0. The van der Waals surface area contributed by atoms with Crippen molar-refractivity contribution in [2.75, 3.05) is 0 Å². The largest absolute Gasteiger partial charge is 0.147 e. The summed E-state index contributed by atoms with van der Waals surface area (Å²) in [6.07, 6.45) is 0. The van der Waals surface area contributed by atoms with E-state index < -0.39 is 14.4 Å². The van der Waals surface area contributed by atoms with Crippen LogP contribution < -0.4 is 7.58 Å². The second-order valence-electron chi connectivity index (χ2n) is 5.61. The predicted octanol–water partition coefficient (Wildman–Crippen LogP) is 6.93. The van der Waals surface area contributed by atoms with Crippen LogP contribution in [0.25, 0.3) is 0 Å². The van der Waals surface area contributed by atoms with Gasteiger partial charge in [0, 0.05) is 0 Å². The van der Waals surface area contributed by atoms with Crippen LogP contribution in [0.4, 0.5) is 0 Å². The fourth-order valence-electron chi connectivity index (χ4n) is 1.50. The van der Waals surface area contributed by atoms with E-state index in [1.54, 1.807) is 0 Å². The van der Waals surface area contributed by atoms with Crippen molar-refractivity contribution in [2.24, 2.45) is 0 Å². The first kappa shape index (κ1) is 21.3. The third-order valence-electron chi connectivity index (χ3n) is 2.39. The molecule has 2 rings (SSSR count). The molecular formula is C16H19Br2ClCrO2P. The molecule has 127 valence electrons. The second-order valence-corrected chi connectivity index (χ2v) is 12.6. The quantitative estimate of drug-likeness (QED) is 0.397. The minimum atomic E-state index is -1.74. The van der Waals surface area contributed by atoms with E-state index >= 15 is 0 Å². The summed E-state index contributed by atoms with van der Waals surface area (Å²) in [5.41, 5.74) is 0. The van der Waals surface area contributed by atoms with Crippen molar-refractivity contribution >= 4 is 51.5 Å². The Balaban J connectivity index is 0.00000264. The molecule has 0 spiro atoms. The molecule has 1 unspecified atom stereocenters. The van der Waals surface area contributed by atoms with E-state index in [-0.39, 0.29) is 17.6 Å². The summed E-state index contributed by atoms with van der Waals surface area (Å²) >= 11 is 5.33. The van der Waals surface area contributed by atoms with Gasteiger partial charge in [-0.3, -0.25) is 0 Å². The number of hydrogen-bond donors (Lipinski definition) is 0. The first-order chi connectivity index (χ1) is 10.3. The van der Waals surface area contributed by atoms with Crippen LogP contribution in [0.2, 0.25) is 0 Å². The van der Waals surface area contributed by atoms with E-state index in [4.69, 9.17) is 7.58 Å². The molecule has 0 saturated carbocycles. The van der Waals surface area contributed by atoms with Gasteiger partial charge in [0.1, 0.15) is 0 Å². The van der Waals surface area contributed by atoms with Crippen molar-refractivity contribution in [3.8, 4) is 11.5 Å². The smallest absolute Gasteiger partial charge is 0.147 e. The van der Waals surface area contributed by atoms with Crippen molar-refractivity contribution in [1.82, 2.24) is 0 Å². The van der Waals surface area contributed by atoms with E-state index in [1.807, 2.05) is 48.5 Å². The minimum Gasteiger partial charge on any atom is -0.147 e. The van der Waals surface area contributed by atoms with E-state index in [9.17, 15) is 0 Å². The zero-order valence-corrected chi connectivity index (χ0v) is 19.3. The molecule has 2 nitrogen and oxygen atoms in total. The van der Waals surface area contributed by atoms with Crippen LogP contribution in [0.15, 0.2) is 57.5 Å². The third-order valence-corrected chi connectivity index (χ3v) is 9.85. The van der Waals surface area contributed by atoms with Crippen molar-refractivity contribution in [1.29, 1.82) is 0 Å². The van der Waals surface area contributed by atoms with Crippen LogP contribution >= 0.6 is 51.5 Å². The molecule has 0 N–H and O–H groups in total. The molecule has 0 aliphatic carbocycles. The van der Waals surface area contributed by atoms with Crippen molar-refractivity contribution in [3.63, 3.8) is 0 Å². The van der Waals surface area contributed by atoms with Crippen molar-refractivity contribution < 1.29 is 21.9 Å². The summed E-state index contributed by atoms with van der Waals surface area (Å²) in [6.45, 7) is 6.65.